The molecule has 1 nitrogen and oxygen atoms in total. The van der Waals surface area contributed by atoms with Crippen molar-refractivity contribution < 1.29 is 0 Å². The van der Waals surface area contributed by atoms with E-state index in [1.165, 1.54) is 16.0 Å². The van der Waals surface area contributed by atoms with Gasteiger partial charge in [0.15, 0.2) is 0 Å². The minimum Gasteiger partial charge on any atom is -0.316 e. The molecule has 0 fully saturated rings. The number of rotatable bonds is 3. The highest BCUT2D eigenvalue weighted by atomic mass is 35.5. The van der Waals surface area contributed by atoms with Gasteiger partial charge in [0.1, 0.15) is 0 Å². The minimum absolute atomic E-state index is 0.832. The van der Waals surface area contributed by atoms with E-state index in [0.717, 1.165) is 17.1 Å². The first-order valence-corrected chi connectivity index (χ1v) is 6.45. The Morgan fingerprint density at radius 1 is 1.31 bits per heavy atom. The van der Waals surface area contributed by atoms with Crippen LogP contribution in [0.3, 0.4) is 0 Å². The van der Waals surface area contributed by atoms with Crippen LogP contribution in [0, 0.1) is 6.92 Å². The van der Waals surface area contributed by atoms with Gasteiger partial charge in [-0.05, 0) is 42.6 Å². The van der Waals surface area contributed by atoms with E-state index in [9.17, 15) is 0 Å². The molecule has 1 N–H and O–H groups in total. The molecule has 0 saturated heterocycles. The van der Waals surface area contributed by atoms with Crippen molar-refractivity contribution in [2.45, 2.75) is 13.5 Å². The maximum absolute atomic E-state index is 6.31. The first kappa shape index (κ1) is 11.6. The van der Waals surface area contributed by atoms with E-state index < -0.39 is 0 Å². The van der Waals surface area contributed by atoms with E-state index in [4.69, 9.17) is 11.6 Å². The summed E-state index contributed by atoms with van der Waals surface area (Å²) in [7, 11) is 1.94. The molecule has 0 saturated carbocycles. The van der Waals surface area contributed by atoms with Crippen molar-refractivity contribution in [3.8, 4) is 10.4 Å². The molecule has 0 radical (unpaired) electrons. The van der Waals surface area contributed by atoms with Crippen LogP contribution in [0.4, 0.5) is 0 Å². The molecule has 0 aliphatic heterocycles. The Labute approximate surface area is 105 Å². The van der Waals surface area contributed by atoms with E-state index in [1.807, 2.05) is 13.1 Å². The van der Waals surface area contributed by atoms with Gasteiger partial charge in [-0.15, -0.1) is 11.3 Å². The molecule has 2 rings (SSSR count). The molecule has 0 bridgehead atoms. The van der Waals surface area contributed by atoms with Crippen LogP contribution in [0.15, 0.2) is 29.6 Å². The average Bonchev–Trinajstić information content (AvgIpc) is 2.65. The lowest BCUT2D eigenvalue weighted by molar-refractivity contribution is 0.818. The molecule has 0 atom stereocenters. The molecule has 0 spiro atoms. The molecule has 0 unspecified atom stereocenters. The fourth-order valence-electron chi connectivity index (χ4n) is 1.71. The maximum Gasteiger partial charge on any atom is 0.0495 e. The fourth-order valence-corrected chi connectivity index (χ4v) is 3.03. The van der Waals surface area contributed by atoms with Crippen LogP contribution < -0.4 is 5.32 Å². The molecule has 1 aromatic carbocycles. The molecule has 1 aromatic heterocycles. The van der Waals surface area contributed by atoms with Gasteiger partial charge in [0.2, 0.25) is 0 Å². The van der Waals surface area contributed by atoms with Gasteiger partial charge >= 0.3 is 0 Å². The Hall–Kier alpha value is -0.830. The van der Waals surface area contributed by atoms with Crippen LogP contribution in [-0.4, -0.2) is 7.05 Å². The summed E-state index contributed by atoms with van der Waals surface area (Å²) >= 11 is 8.04. The molecule has 2 aromatic rings. The summed E-state index contributed by atoms with van der Waals surface area (Å²) in [5, 5.41) is 6.05. The monoisotopic (exact) mass is 251 g/mol. The second-order valence-corrected chi connectivity index (χ2v) is 5.10. The van der Waals surface area contributed by atoms with Gasteiger partial charge in [-0.1, -0.05) is 23.7 Å². The van der Waals surface area contributed by atoms with Gasteiger partial charge in [0.25, 0.3) is 0 Å². The lowest BCUT2D eigenvalue weighted by Gasteiger charge is -2.06. The van der Waals surface area contributed by atoms with Crippen molar-refractivity contribution in [1.29, 1.82) is 0 Å². The summed E-state index contributed by atoms with van der Waals surface area (Å²) in [6, 6.07) is 8.38. The van der Waals surface area contributed by atoms with Gasteiger partial charge in [-0.2, -0.15) is 0 Å². The Kier molecular flexibility index (Phi) is 3.64. The average molecular weight is 252 g/mol. The van der Waals surface area contributed by atoms with Crippen LogP contribution >= 0.6 is 22.9 Å². The lowest BCUT2D eigenvalue weighted by Crippen LogP contribution is -2.04. The first-order valence-electron chi connectivity index (χ1n) is 5.20. The highest BCUT2D eigenvalue weighted by molar-refractivity contribution is 7.13. The number of aryl methyl sites for hydroxylation is 1. The van der Waals surface area contributed by atoms with Crippen LogP contribution in [0.25, 0.3) is 10.4 Å². The molecule has 0 amide bonds. The predicted octanol–water partition coefficient (Wildman–Crippen LogP) is 4.10. The third-order valence-electron chi connectivity index (χ3n) is 2.52. The maximum atomic E-state index is 6.31. The van der Waals surface area contributed by atoms with Crippen molar-refractivity contribution in [1.82, 2.24) is 5.32 Å². The molecule has 3 heteroatoms. The normalized spacial score (nSPS) is 10.7. The third kappa shape index (κ3) is 2.29. The summed E-state index contributed by atoms with van der Waals surface area (Å²) in [6.07, 6.45) is 0. The summed E-state index contributed by atoms with van der Waals surface area (Å²) in [6.45, 7) is 2.97. The van der Waals surface area contributed by atoms with Gasteiger partial charge in [0.05, 0.1) is 0 Å². The summed E-state index contributed by atoms with van der Waals surface area (Å²) in [5.74, 6) is 0. The zero-order valence-electron chi connectivity index (χ0n) is 9.38. The van der Waals surface area contributed by atoms with Crippen molar-refractivity contribution >= 4 is 22.9 Å². The molecular formula is C13H14ClNS. The number of nitrogens with one attached hydrogen (secondary N) is 1. The van der Waals surface area contributed by atoms with Crippen molar-refractivity contribution in [2.24, 2.45) is 0 Å². The van der Waals surface area contributed by atoms with E-state index >= 15 is 0 Å². The molecule has 0 aliphatic rings. The number of hydrogen-bond acceptors (Lipinski definition) is 2. The molecule has 16 heavy (non-hydrogen) atoms. The van der Waals surface area contributed by atoms with Gasteiger partial charge in [-0.25, -0.2) is 0 Å². The van der Waals surface area contributed by atoms with E-state index in [2.05, 4.69) is 35.8 Å². The van der Waals surface area contributed by atoms with Gasteiger partial charge in [-0.3, -0.25) is 0 Å². The third-order valence-corrected chi connectivity index (χ3v) is 3.88. The molecular weight excluding hydrogens is 238 g/mol. The number of hydrogen-bond donors (Lipinski definition) is 1. The topological polar surface area (TPSA) is 12.0 Å². The fraction of sp³-hybridized carbons (Fsp3) is 0.231. The minimum atomic E-state index is 0.832. The highest BCUT2D eigenvalue weighted by Crippen LogP contribution is 2.34. The number of halogens is 1. The van der Waals surface area contributed by atoms with Crippen molar-refractivity contribution in [3.05, 3.63) is 45.8 Å². The lowest BCUT2D eigenvalue weighted by atomic mass is 10.1. The quantitative estimate of drug-likeness (QED) is 0.866. The summed E-state index contributed by atoms with van der Waals surface area (Å²) in [5.41, 5.74) is 3.63. The predicted molar refractivity (Wildman–Crippen MR) is 72.3 cm³/mol. The molecule has 0 aliphatic carbocycles. The second kappa shape index (κ2) is 5.00. The number of benzene rings is 1. The Balaban J connectivity index is 2.40. The molecule has 84 valence electrons. The Morgan fingerprint density at radius 3 is 2.69 bits per heavy atom. The van der Waals surface area contributed by atoms with Crippen molar-refractivity contribution in [3.63, 3.8) is 0 Å². The Bertz CT molecular complexity index is 490. The van der Waals surface area contributed by atoms with Crippen LogP contribution in [0.2, 0.25) is 5.02 Å². The van der Waals surface area contributed by atoms with Crippen LogP contribution in [-0.2, 0) is 6.54 Å². The SMILES string of the molecule is CNCc1ccc(-c2sccc2C)c(Cl)c1. The zero-order chi connectivity index (χ0) is 11.5. The van der Waals surface area contributed by atoms with E-state index in [-0.39, 0.29) is 0 Å². The summed E-state index contributed by atoms with van der Waals surface area (Å²) < 4.78 is 0. The first-order chi connectivity index (χ1) is 7.72. The zero-order valence-corrected chi connectivity index (χ0v) is 11.0. The van der Waals surface area contributed by atoms with Gasteiger partial charge < -0.3 is 5.32 Å². The van der Waals surface area contributed by atoms with E-state index in [0.29, 0.717) is 0 Å². The smallest absolute Gasteiger partial charge is 0.0495 e. The number of thiophene rings is 1. The summed E-state index contributed by atoms with van der Waals surface area (Å²) in [4.78, 5) is 1.26. The van der Waals surface area contributed by atoms with E-state index in [1.54, 1.807) is 11.3 Å². The van der Waals surface area contributed by atoms with Crippen molar-refractivity contribution in [2.75, 3.05) is 7.05 Å². The standard InChI is InChI=1S/C13H14ClNS/c1-9-5-6-16-13(9)11-4-3-10(8-15-2)7-12(11)14/h3-7,15H,8H2,1-2H3. The van der Waals surface area contributed by atoms with Crippen LogP contribution in [0.1, 0.15) is 11.1 Å². The Morgan fingerprint density at radius 2 is 2.12 bits per heavy atom. The van der Waals surface area contributed by atoms with Crippen LogP contribution in [0.5, 0.6) is 0 Å². The highest BCUT2D eigenvalue weighted by Gasteiger charge is 2.08. The van der Waals surface area contributed by atoms with Gasteiger partial charge in [0, 0.05) is 22.0 Å². The largest absolute Gasteiger partial charge is 0.316 e. The second-order valence-electron chi connectivity index (χ2n) is 3.78. The molecule has 1 heterocycles.